The van der Waals surface area contributed by atoms with Crippen LogP contribution in [0.4, 0.5) is 5.69 Å². The predicted molar refractivity (Wildman–Crippen MR) is 70.5 cm³/mol. The van der Waals surface area contributed by atoms with Crippen molar-refractivity contribution in [3.05, 3.63) is 35.8 Å². The molecule has 18 heavy (non-hydrogen) atoms. The molecule has 4 nitrogen and oxygen atoms in total. The zero-order chi connectivity index (χ0) is 12.7. The molecule has 1 amide bonds. The van der Waals surface area contributed by atoms with Crippen LogP contribution in [0.15, 0.2) is 24.4 Å². The molecule has 0 bridgehead atoms. The van der Waals surface area contributed by atoms with Crippen molar-refractivity contribution in [1.82, 2.24) is 9.97 Å². The molecule has 3 rings (SSSR count). The van der Waals surface area contributed by atoms with E-state index < -0.39 is 0 Å². The van der Waals surface area contributed by atoms with Gasteiger partial charge in [0.15, 0.2) is 0 Å². The lowest BCUT2D eigenvalue weighted by Crippen LogP contribution is -2.30. The highest BCUT2D eigenvalue weighted by Gasteiger charge is 2.21. The van der Waals surface area contributed by atoms with Gasteiger partial charge in [0.25, 0.3) is 0 Å². The Morgan fingerprint density at radius 2 is 2.17 bits per heavy atom. The molecule has 1 aromatic carbocycles. The van der Waals surface area contributed by atoms with Crippen LogP contribution in [-0.2, 0) is 11.2 Å². The van der Waals surface area contributed by atoms with Crippen LogP contribution in [0.5, 0.6) is 0 Å². The van der Waals surface area contributed by atoms with E-state index in [0.717, 1.165) is 29.2 Å². The van der Waals surface area contributed by atoms with Crippen LogP contribution in [0.1, 0.15) is 17.8 Å². The molecule has 92 valence electrons. The number of imidazole rings is 1. The normalized spacial score (nSPS) is 14.8. The van der Waals surface area contributed by atoms with Gasteiger partial charge in [-0.3, -0.25) is 4.79 Å². The molecule has 0 aliphatic carbocycles. The van der Waals surface area contributed by atoms with E-state index >= 15 is 0 Å². The van der Waals surface area contributed by atoms with Crippen LogP contribution in [0, 0.1) is 6.92 Å². The van der Waals surface area contributed by atoms with Crippen molar-refractivity contribution < 1.29 is 4.79 Å². The van der Waals surface area contributed by atoms with E-state index in [0.29, 0.717) is 6.42 Å². The van der Waals surface area contributed by atoms with E-state index in [1.54, 1.807) is 4.90 Å². The number of anilines is 1. The largest absolute Gasteiger partial charge is 0.342 e. The van der Waals surface area contributed by atoms with Gasteiger partial charge in [0, 0.05) is 19.2 Å². The summed E-state index contributed by atoms with van der Waals surface area (Å²) in [5.41, 5.74) is 4.39. The fourth-order valence-electron chi connectivity index (χ4n) is 2.39. The van der Waals surface area contributed by atoms with Crippen molar-refractivity contribution in [2.45, 2.75) is 19.8 Å². The predicted octanol–water partition coefficient (Wildman–Crippen LogP) is 2.29. The lowest BCUT2D eigenvalue weighted by Gasteiger charge is -2.26. The van der Waals surface area contributed by atoms with Gasteiger partial charge in [-0.15, -0.1) is 0 Å². The molecule has 1 aromatic heterocycles. The third-order valence-electron chi connectivity index (χ3n) is 3.44. The fourth-order valence-corrected chi connectivity index (χ4v) is 2.39. The Morgan fingerprint density at radius 1 is 1.33 bits per heavy atom. The number of aromatic nitrogens is 2. The topological polar surface area (TPSA) is 49.0 Å². The average molecular weight is 241 g/mol. The molecule has 2 aromatic rings. The molecule has 0 saturated carbocycles. The highest BCUT2D eigenvalue weighted by Crippen LogP contribution is 2.30. The van der Waals surface area contributed by atoms with Crippen LogP contribution >= 0.6 is 0 Å². The number of aromatic amines is 1. The Labute approximate surface area is 106 Å². The monoisotopic (exact) mass is 241 g/mol. The number of rotatable bonds is 1. The molecule has 1 aliphatic rings. The first-order valence-corrected chi connectivity index (χ1v) is 6.06. The molecule has 1 aliphatic heterocycles. The molecular formula is C14H15N3O. The van der Waals surface area contributed by atoms with Gasteiger partial charge >= 0.3 is 0 Å². The number of fused-ring (bicyclic) bond motifs is 1. The molecule has 2 heterocycles. The number of nitrogens with one attached hydrogen (secondary N) is 1. The maximum absolute atomic E-state index is 11.6. The van der Waals surface area contributed by atoms with Crippen LogP contribution in [0.3, 0.4) is 0 Å². The number of amides is 1. The van der Waals surface area contributed by atoms with Crippen LogP contribution in [0.2, 0.25) is 0 Å². The Hall–Kier alpha value is -2.10. The van der Waals surface area contributed by atoms with Gasteiger partial charge in [-0.1, -0.05) is 6.07 Å². The van der Waals surface area contributed by atoms with Crippen molar-refractivity contribution in [1.29, 1.82) is 0 Å². The second kappa shape index (κ2) is 3.98. The number of carbonyl (C=O) groups is 1. The van der Waals surface area contributed by atoms with Gasteiger partial charge in [0.2, 0.25) is 5.91 Å². The number of hydrogen-bond acceptors (Lipinski definition) is 2. The van der Waals surface area contributed by atoms with E-state index in [4.69, 9.17) is 0 Å². The Kier molecular flexibility index (Phi) is 2.44. The Bertz CT molecular complexity index is 615. The maximum Gasteiger partial charge on any atom is 0.227 e. The van der Waals surface area contributed by atoms with Crippen molar-refractivity contribution in [3.63, 3.8) is 0 Å². The standard InChI is InChI=1S/C14H15N3O/c1-9-15-8-12(16-9)10-3-5-13-11(7-10)4-6-14(18)17(13)2/h3,5,7-8H,4,6H2,1-2H3,(H,15,16). The van der Waals surface area contributed by atoms with Crippen molar-refractivity contribution in [3.8, 4) is 11.3 Å². The summed E-state index contributed by atoms with van der Waals surface area (Å²) in [7, 11) is 1.83. The van der Waals surface area contributed by atoms with E-state index in [1.807, 2.05) is 32.3 Å². The highest BCUT2D eigenvalue weighted by molar-refractivity contribution is 5.96. The van der Waals surface area contributed by atoms with Crippen LogP contribution < -0.4 is 4.90 Å². The number of hydrogen-bond donors (Lipinski definition) is 1. The first kappa shape index (κ1) is 11.0. The zero-order valence-electron chi connectivity index (χ0n) is 10.5. The summed E-state index contributed by atoms with van der Waals surface area (Å²) in [4.78, 5) is 20.8. The van der Waals surface area contributed by atoms with Gasteiger partial charge in [-0.05, 0) is 36.6 Å². The summed E-state index contributed by atoms with van der Waals surface area (Å²) in [6.45, 7) is 1.94. The first-order valence-electron chi connectivity index (χ1n) is 6.06. The summed E-state index contributed by atoms with van der Waals surface area (Å²) < 4.78 is 0. The van der Waals surface area contributed by atoms with Crippen molar-refractivity contribution in [2.75, 3.05) is 11.9 Å². The minimum absolute atomic E-state index is 0.188. The number of benzene rings is 1. The third-order valence-corrected chi connectivity index (χ3v) is 3.44. The molecule has 0 unspecified atom stereocenters. The Morgan fingerprint density at radius 3 is 2.89 bits per heavy atom. The number of H-pyrrole nitrogens is 1. The lowest BCUT2D eigenvalue weighted by molar-refractivity contribution is -0.118. The molecule has 1 N–H and O–H groups in total. The first-order chi connectivity index (χ1) is 8.65. The third kappa shape index (κ3) is 1.70. The minimum atomic E-state index is 0.188. The van der Waals surface area contributed by atoms with Gasteiger partial charge in [-0.25, -0.2) is 4.98 Å². The molecule has 0 spiro atoms. The van der Waals surface area contributed by atoms with Gasteiger partial charge < -0.3 is 9.88 Å². The summed E-state index contributed by atoms with van der Waals surface area (Å²) in [6, 6.07) is 6.18. The maximum atomic E-state index is 11.6. The van der Waals surface area contributed by atoms with E-state index in [2.05, 4.69) is 16.0 Å². The molecule has 0 atom stereocenters. The SMILES string of the molecule is Cc1ncc(-c2ccc3c(c2)CCC(=O)N3C)[nH]1. The minimum Gasteiger partial charge on any atom is -0.342 e. The molecule has 0 fully saturated rings. The average Bonchev–Trinajstić information content (AvgIpc) is 2.80. The van der Waals surface area contributed by atoms with Gasteiger partial charge in [0.05, 0.1) is 11.9 Å². The second-order valence-electron chi connectivity index (χ2n) is 4.68. The number of nitrogens with zero attached hydrogens (tertiary/aromatic N) is 2. The van der Waals surface area contributed by atoms with Crippen LogP contribution in [0.25, 0.3) is 11.3 Å². The quantitative estimate of drug-likeness (QED) is 0.832. The molecule has 4 heteroatoms. The van der Waals surface area contributed by atoms with Crippen molar-refractivity contribution in [2.24, 2.45) is 0 Å². The zero-order valence-corrected chi connectivity index (χ0v) is 10.5. The summed E-state index contributed by atoms with van der Waals surface area (Å²) in [5, 5.41) is 0. The number of aryl methyl sites for hydroxylation is 2. The van der Waals surface area contributed by atoms with Gasteiger partial charge in [0.1, 0.15) is 5.82 Å². The Balaban J connectivity index is 2.04. The summed E-state index contributed by atoms with van der Waals surface area (Å²) in [6.07, 6.45) is 3.25. The molecule has 0 radical (unpaired) electrons. The van der Waals surface area contributed by atoms with E-state index in [9.17, 15) is 4.79 Å². The van der Waals surface area contributed by atoms with Gasteiger partial charge in [-0.2, -0.15) is 0 Å². The summed E-state index contributed by atoms with van der Waals surface area (Å²) in [5.74, 6) is 1.10. The fraction of sp³-hybridized carbons (Fsp3) is 0.286. The smallest absolute Gasteiger partial charge is 0.227 e. The molecular weight excluding hydrogens is 226 g/mol. The van der Waals surface area contributed by atoms with Crippen molar-refractivity contribution >= 4 is 11.6 Å². The molecule has 0 saturated heterocycles. The highest BCUT2D eigenvalue weighted by atomic mass is 16.2. The van der Waals surface area contributed by atoms with Crippen LogP contribution in [-0.4, -0.2) is 22.9 Å². The second-order valence-corrected chi connectivity index (χ2v) is 4.68. The van der Waals surface area contributed by atoms with E-state index in [1.165, 1.54) is 5.56 Å². The van der Waals surface area contributed by atoms with E-state index in [-0.39, 0.29) is 5.91 Å². The number of carbonyl (C=O) groups excluding carboxylic acids is 1. The lowest BCUT2D eigenvalue weighted by atomic mass is 9.98. The summed E-state index contributed by atoms with van der Waals surface area (Å²) >= 11 is 0.